The fourth-order valence-electron chi connectivity index (χ4n) is 3.10. The largest absolute Gasteiger partial charge is 0.497 e. The molecule has 0 aliphatic rings. The molecule has 0 radical (unpaired) electrons. The number of aliphatic hydroxyl groups excluding tert-OH is 1. The van der Waals surface area contributed by atoms with E-state index in [1.54, 1.807) is 21.3 Å². The highest BCUT2D eigenvalue weighted by molar-refractivity contribution is 14.0. The molecule has 2 aromatic carbocycles. The molecule has 0 saturated carbocycles. The topological polar surface area (TPSA) is 75.6 Å². The summed E-state index contributed by atoms with van der Waals surface area (Å²) in [4.78, 5) is 6.65. The Labute approximate surface area is 202 Å². The van der Waals surface area contributed by atoms with Crippen molar-refractivity contribution < 1.29 is 19.3 Å². The summed E-state index contributed by atoms with van der Waals surface area (Å²) in [7, 11) is 6.85. The second-order valence-electron chi connectivity index (χ2n) is 6.97. The van der Waals surface area contributed by atoms with E-state index in [9.17, 15) is 5.11 Å². The molecule has 0 aliphatic heterocycles. The molecule has 8 heteroatoms. The van der Waals surface area contributed by atoms with E-state index in [-0.39, 0.29) is 30.5 Å². The Morgan fingerprint density at radius 2 is 1.68 bits per heavy atom. The SMILES string of the molecule is CCNC(=NCC(O)c1ccc(OC)cc1)N(C)Cc1cc(OC)c(OC)cc1C.I. The third kappa shape index (κ3) is 7.46. The van der Waals surface area contributed by atoms with Gasteiger partial charge in [-0.05, 0) is 54.8 Å². The van der Waals surface area contributed by atoms with E-state index in [2.05, 4.69) is 10.3 Å². The molecular formula is C23H34IN3O4. The second-order valence-corrected chi connectivity index (χ2v) is 6.97. The zero-order chi connectivity index (χ0) is 22.1. The van der Waals surface area contributed by atoms with Crippen molar-refractivity contribution in [3.8, 4) is 17.2 Å². The number of methoxy groups -OCH3 is 3. The normalized spacial score (nSPS) is 11.9. The van der Waals surface area contributed by atoms with Crippen molar-refractivity contribution >= 4 is 29.9 Å². The van der Waals surface area contributed by atoms with Gasteiger partial charge in [-0.3, -0.25) is 4.99 Å². The second kappa shape index (κ2) is 13.3. The van der Waals surface area contributed by atoms with Crippen LogP contribution in [-0.2, 0) is 6.54 Å². The van der Waals surface area contributed by atoms with Crippen LogP contribution < -0.4 is 19.5 Å². The number of aliphatic hydroxyl groups is 1. The van der Waals surface area contributed by atoms with Gasteiger partial charge in [-0.15, -0.1) is 24.0 Å². The summed E-state index contributed by atoms with van der Waals surface area (Å²) < 4.78 is 16.0. The van der Waals surface area contributed by atoms with Gasteiger partial charge < -0.3 is 29.5 Å². The highest BCUT2D eigenvalue weighted by atomic mass is 127. The smallest absolute Gasteiger partial charge is 0.194 e. The molecule has 2 aromatic rings. The van der Waals surface area contributed by atoms with Crippen molar-refractivity contribution in [2.24, 2.45) is 4.99 Å². The third-order valence-electron chi connectivity index (χ3n) is 4.86. The number of guanidine groups is 1. The number of ether oxygens (including phenoxy) is 3. The number of nitrogens with zero attached hydrogens (tertiary/aromatic N) is 2. The van der Waals surface area contributed by atoms with Crippen molar-refractivity contribution in [3.05, 3.63) is 53.1 Å². The number of aliphatic imine (C=N–C) groups is 1. The summed E-state index contributed by atoms with van der Waals surface area (Å²) in [6.07, 6.45) is -0.694. The molecule has 1 unspecified atom stereocenters. The summed E-state index contributed by atoms with van der Waals surface area (Å²) >= 11 is 0. The van der Waals surface area contributed by atoms with Gasteiger partial charge >= 0.3 is 0 Å². The van der Waals surface area contributed by atoms with Crippen molar-refractivity contribution in [3.63, 3.8) is 0 Å². The number of aryl methyl sites for hydroxylation is 1. The summed E-state index contributed by atoms with van der Waals surface area (Å²) in [6.45, 7) is 5.68. The monoisotopic (exact) mass is 543 g/mol. The first-order valence-electron chi connectivity index (χ1n) is 9.96. The van der Waals surface area contributed by atoms with Crippen LogP contribution in [0.5, 0.6) is 17.2 Å². The van der Waals surface area contributed by atoms with Crippen LogP contribution in [0.15, 0.2) is 41.4 Å². The number of nitrogens with one attached hydrogen (secondary N) is 1. The van der Waals surface area contributed by atoms with E-state index in [0.29, 0.717) is 18.0 Å². The molecule has 2 N–H and O–H groups in total. The lowest BCUT2D eigenvalue weighted by molar-refractivity contribution is 0.186. The average molecular weight is 543 g/mol. The number of hydrogen-bond donors (Lipinski definition) is 2. The lowest BCUT2D eigenvalue weighted by Crippen LogP contribution is -2.39. The zero-order valence-electron chi connectivity index (χ0n) is 19.1. The van der Waals surface area contributed by atoms with Crippen molar-refractivity contribution in [2.75, 3.05) is 41.5 Å². The molecule has 172 valence electrons. The van der Waals surface area contributed by atoms with Crippen molar-refractivity contribution in [1.82, 2.24) is 10.2 Å². The van der Waals surface area contributed by atoms with Crippen molar-refractivity contribution in [2.45, 2.75) is 26.5 Å². The quantitative estimate of drug-likeness (QED) is 0.285. The van der Waals surface area contributed by atoms with Crippen LogP contribution in [0.25, 0.3) is 0 Å². The third-order valence-corrected chi connectivity index (χ3v) is 4.86. The molecule has 0 fully saturated rings. The molecule has 0 bridgehead atoms. The molecule has 0 heterocycles. The van der Waals surface area contributed by atoms with E-state index < -0.39 is 6.10 Å². The van der Waals surface area contributed by atoms with Gasteiger partial charge in [0.2, 0.25) is 0 Å². The molecule has 0 saturated heterocycles. The van der Waals surface area contributed by atoms with Gasteiger partial charge in [0.1, 0.15) is 5.75 Å². The van der Waals surface area contributed by atoms with E-state index in [1.807, 2.05) is 62.2 Å². The number of benzene rings is 2. The molecule has 31 heavy (non-hydrogen) atoms. The Morgan fingerprint density at radius 3 is 2.23 bits per heavy atom. The lowest BCUT2D eigenvalue weighted by Gasteiger charge is -2.24. The molecule has 2 rings (SSSR count). The molecule has 0 aromatic heterocycles. The fraction of sp³-hybridized carbons (Fsp3) is 0.435. The first kappa shape index (κ1) is 26.8. The zero-order valence-corrected chi connectivity index (χ0v) is 21.5. The maximum absolute atomic E-state index is 10.5. The minimum absolute atomic E-state index is 0. The van der Waals surface area contributed by atoms with Crippen LogP contribution in [0.2, 0.25) is 0 Å². The van der Waals surface area contributed by atoms with Gasteiger partial charge in [0, 0.05) is 20.1 Å². The molecule has 0 amide bonds. The van der Waals surface area contributed by atoms with Crippen LogP contribution in [0.4, 0.5) is 0 Å². The van der Waals surface area contributed by atoms with Gasteiger partial charge in [-0.1, -0.05) is 12.1 Å². The van der Waals surface area contributed by atoms with Gasteiger partial charge in [-0.25, -0.2) is 0 Å². The van der Waals surface area contributed by atoms with E-state index in [0.717, 1.165) is 34.9 Å². The minimum Gasteiger partial charge on any atom is -0.497 e. The average Bonchev–Trinajstić information content (AvgIpc) is 2.77. The summed E-state index contributed by atoms with van der Waals surface area (Å²) in [6, 6.07) is 11.3. The van der Waals surface area contributed by atoms with Crippen LogP contribution in [-0.4, -0.2) is 57.4 Å². The number of rotatable bonds is 9. The van der Waals surface area contributed by atoms with Crippen LogP contribution in [0, 0.1) is 6.92 Å². The molecule has 0 aliphatic carbocycles. The summed E-state index contributed by atoms with van der Waals surface area (Å²) in [5.74, 6) is 2.89. The predicted molar refractivity (Wildman–Crippen MR) is 135 cm³/mol. The lowest BCUT2D eigenvalue weighted by atomic mass is 10.1. The van der Waals surface area contributed by atoms with Crippen LogP contribution in [0.3, 0.4) is 0 Å². The van der Waals surface area contributed by atoms with E-state index in [1.165, 1.54) is 0 Å². The Kier molecular flexibility index (Phi) is 11.5. The van der Waals surface area contributed by atoms with Gasteiger partial charge in [-0.2, -0.15) is 0 Å². The maximum atomic E-state index is 10.5. The Morgan fingerprint density at radius 1 is 1.06 bits per heavy atom. The first-order valence-corrected chi connectivity index (χ1v) is 9.96. The van der Waals surface area contributed by atoms with E-state index >= 15 is 0 Å². The standard InChI is InChI=1S/C23H33N3O4.HI/c1-7-24-23(25-14-20(27)17-8-10-19(28-4)11-9-17)26(3)15-18-13-22(30-6)21(29-5)12-16(18)2;/h8-13,20,27H,7,14-15H2,1-6H3,(H,24,25);1H. The molecular weight excluding hydrogens is 509 g/mol. The maximum Gasteiger partial charge on any atom is 0.194 e. The highest BCUT2D eigenvalue weighted by Gasteiger charge is 2.14. The van der Waals surface area contributed by atoms with Crippen LogP contribution in [0.1, 0.15) is 29.7 Å². The summed E-state index contributed by atoms with van der Waals surface area (Å²) in [5, 5.41) is 13.8. The van der Waals surface area contributed by atoms with Crippen LogP contribution >= 0.6 is 24.0 Å². The Bertz CT molecular complexity index is 843. The minimum atomic E-state index is -0.694. The molecule has 7 nitrogen and oxygen atoms in total. The van der Waals surface area contributed by atoms with Crippen molar-refractivity contribution in [1.29, 1.82) is 0 Å². The Balaban J connectivity index is 0.00000480. The summed E-state index contributed by atoms with van der Waals surface area (Å²) in [5.41, 5.74) is 3.01. The first-order chi connectivity index (χ1) is 14.4. The molecule has 1 atom stereocenters. The number of halogens is 1. The predicted octanol–water partition coefficient (Wildman–Crippen LogP) is 3.77. The molecule has 0 spiro atoms. The van der Waals surface area contributed by atoms with Gasteiger partial charge in [0.25, 0.3) is 0 Å². The number of hydrogen-bond acceptors (Lipinski definition) is 5. The Hall–Kier alpha value is -2.20. The van der Waals surface area contributed by atoms with E-state index in [4.69, 9.17) is 14.2 Å². The van der Waals surface area contributed by atoms with Gasteiger partial charge in [0.15, 0.2) is 17.5 Å². The highest BCUT2D eigenvalue weighted by Crippen LogP contribution is 2.30. The fourth-order valence-corrected chi connectivity index (χ4v) is 3.10. The van der Waals surface area contributed by atoms with Gasteiger partial charge in [0.05, 0.1) is 34.0 Å².